The molecule has 0 saturated heterocycles. The first kappa shape index (κ1) is 16.6. The Bertz CT molecular complexity index is 471. The zero-order valence-corrected chi connectivity index (χ0v) is 13.2. The number of hydrogen-bond acceptors (Lipinski definition) is 5. The Morgan fingerprint density at radius 2 is 2.16 bits per heavy atom. The van der Waals surface area contributed by atoms with Crippen molar-refractivity contribution in [3.63, 3.8) is 0 Å². The fraction of sp³-hybridized carbons (Fsp3) is 0.667. The van der Waals surface area contributed by atoms with Gasteiger partial charge in [0, 0.05) is 30.0 Å². The van der Waals surface area contributed by atoms with Crippen molar-refractivity contribution in [1.82, 2.24) is 10.0 Å². The van der Waals surface area contributed by atoms with Crippen LogP contribution < -0.4 is 10.0 Å². The van der Waals surface area contributed by atoms with Crippen LogP contribution in [0.25, 0.3) is 0 Å². The Hall–Kier alpha value is -0.470. The van der Waals surface area contributed by atoms with Gasteiger partial charge < -0.3 is 10.1 Å². The van der Waals surface area contributed by atoms with Gasteiger partial charge in [-0.1, -0.05) is 13.8 Å². The van der Waals surface area contributed by atoms with Gasteiger partial charge in [0.1, 0.15) is 0 Å². The maximum atomic E-state index is 12.2. The van der Waals surface area contributed by atoms with Crippen LogP contribution in [0.2, 0.25) is 0 Å². The quantitative estimate of drug-likeness (QED) is 0.726. The van der Waals surface area contributed by atoms with Gasteiger partial charge in [-0.15, -0.1) is 11.3 Å². The van der Waals surface area contributed by atoms with Crippen molar-refractivity contribution in [2.45, 2.75) is 37.8 Å². The second-order valence-electron chi connectivity index (χ2n) is 4.21. The summed E-state index contributed by atoms with van der Waals surface area (Å²) in [6.45, 7) is 5.89. The van der Waals surface area contributed by atoms with E-state index in [0.29, 0.717) is 24.5 Å². The summed E-state index contributed by atoms with van der Waals surface area (Å²) in [7, 11) is -1.88. The molecular formula is C12H22N2O3S2. The predicted molar refractivity (Wildman–Crippen MR) is 78.0 cm³/mol. The lowest BCUT2D eigenvalue weighted by Crippen LogP contribution is -2.37. The maximum Gasteiger partial charge on any atom is 0.241 e. The molecule has 0 aliphatic carbocycles. The Labute approximate surface area is 119 Å². The van der Waals surface area contributed by atoms with Crippen LogP contribution in [0, 0.1) is 0 Å². The maximum absolute atomic E-state index is 12.2. The molecule has 1 atom stereocenters. The van der Waals surface area contributed by atoms with Crippen molar-refractivity contribution in [1.29, 1.82) is 0 Å². The smallest absolute Gasteiger partial charge is 0.241 e. The number of sulfonamides is 1. The molecule has 0 amide bonds. The van der Waals surface area contributed by atoms with Crippen LogP contribution in [0.4, 0.5) is 0 Å². The molecule has 0 aliphatic rings. The molecule has 110 valence electrons. The highest BCUT2D eigenvalue weighted by Gasteiger charge is 2.20. The zero-order valence-electron chi connectivity index (χ0n) is 11.6. The van der Waals surface area contributed by atoms with Crippen LogP contribution in [0.5, 0.6) is 0 Å². The van der Waals surface area contributed by atoms with Gasteiger partial charge >= 0.3 is 0 Å². The Morgan fingerprint density at radius 1 is 1.42 bits per heavy atom. The van der Waals surface area contributed by atoms with E-state index in [9.17, 15) is 8.42 Å². The Kier molecular flexibility index (Phi) is 6.95. The molecule has 1 rings (SSSR count). The van der Waals surface area contributed by atoms with E-state index in [1.54, 1.807) is 18.6 Å². The van der Waals surface area contributed by atoms with E-state index >= 15 is 0 Å². The zero-order chi connectivity index (χ0) is 14.3. The molecular weight excluding hydrogens is 284 g/mol. The summed E-state index contributed by atoms with van der Waals surface area (Å²) in [6, 6.07) is 1.53. The lowest BCUT2D eigenvalue weighted by atomic mass is 10.3. The van der Waals surface area contributed by atoms with E-state index in [4.69, 9.17) is 4.74 Å². The molecule has 0 fully saturated rings. The number of methoxy groups -OCH3 is 1. The number of rotatable bonds is 9. The van der Waals surface area contributed by atoms with E-state index in [-0.39, 0.29) is 6.04 Å². The van der Waals surface area contributed by atoms with Crippen LogP contribution in [0.15, 0.2) is 16.3 Å². The second kappa shape index (κ2) is 7.96. The van der Waals surface area contributed by atoms with Crippen LogP contribution in [-0.4, -0.2) is 34.7 Å². The highest BCUT2D eigenvalue weighted by molar-refractivity contribution is 7.89. The van der Waals surface area contributed by atoms with E-state index in [1.165, 1.54) is 11.3 Å². The number of thiophene rings is 1. The van der Waals surface area contributed by atoms with Crippen LogP contribution >= 0.6 is 11.3 Å². The van der Waals surface area contributed by atoms with Gasteiger partial charge in [0.25, 0.3) is 0 Å². The summed E-state index contributed by atoms with van der Waals surface area (Å²) in [5, 5.41) is 4.85. The van der Waals surface area contributed by atoms with Gasteiger partial charge in [0.2, 0.25) is 10.0 Å². The van der Waals surface area contributed by atoms with Gasteiger partial charge in [-0.3, -0.25) is 0 Å². The van der Waals surface area contributed by atoms with E-state index in [0.717, 1.165) is 11.4 Å². The lowest BCUT2D eigenvalue weighted by molar-refractivity contribution is 0.173. The predicted octanol–water partition coefficient (Wildman–Crippen LogP) is 1.56. The van der Waals surface area contributed by atoms with E-state index in [2.05, 4.69) is 10.0 Å². The molecule has 19 heavy (non-hydrogen) atoms. The average Bonchev–Trinajstić information content (AvgIpc) is 2.85. The summed E-state index contributed by atoms with van der Waals surface area (Å²) in [5.41, 5.74) is 0. The molecule has 1 aromatic rings. The summed E-state index contributed by atoms with van der Waals surface area (Å²) >= 11 is 1.45. The second-order valence-corrected chi connectivity index (χ2v) is 6.92. The van der Waals surface area contributed by atoms with Gasteiger partial charge in [0.05, 0.1) is 11.5 Å². The van der Waals surface area contributed by atoms with Crippen LogP contribution in [0.3, 0.4) is 0 Å². The van der Waals surface area contributed by atoms with Crippen molar-refractivity contribution in [2.75, 3.05) is 20.3 Å². The van der Waals surface area contributed by atoms with Crippen molar-refractivity contribution in [3.8, 4) is 0 Å². The monoisotopic (exact) mass is 306 g/mol. The normalized spacial score (nSPS) is 13.6. The SMILES string of the molecule is CCNCc1cc(S(=O)(=O)NC(CC)COC)cs1. The third-order valence-electron chi connectivity index (χ3n) is 2.67. The fourth-order valence-electron chi connectivity index (χ4n) is 1.57. The number of hydrogen-bond donors (Lipinski definition) is 2. The third-order valence-corrected chi connectivity index (χ3v) is 5.26. The minimum atomic E-state index is -3.45. The lowest BCUT2D eigenvalue weighted by Gasteiger charge is -2.15. The summed E-state index contributed by atoms with van der Waals surface area (Å²) in [4.78, 5) is 1.35. The van der Waals surface area contributed by atoms with Crippen molar-refractivity contribution in [2.24, 2.45) is 0 Å². The molecule has 2 N–H and O–H groups in total. The molecule has 5 nitrogen and oxygen atoms in total. The molecule has 0 saturated carbocycles. The summed E-state index contributed by atoms with van der Waals surface area (Å²) in [6.07, 6.45) is 0.696. The average molecular weight is 306 g/mol. The molecule has 1 unspecified atom stereocenters. The molecule has 1 aromatic heterocycles. The highest BCUT2D eigenvalue weighted by Crippen LogP contribution is 2.19. The van der Waals surface area contributed by atoms with Crippen LogP contribution in [0.1, 0.15) is 25.1 Å². The highest BCUT2D eigenvalue weighted by atomic mass is 32.2. The molecule has 7 heteroatoms. The van der Waals surface area contributed by atoms with Crippen molar-refractivity contribution < 1.29 is 13.2 Å². The Balaban J connectivity index is 2.73. The van der Waals surface area contributed by atoms with Gasteiger partial charge in [-0.2, -0.15) is 0 Å². The number of ether oxygens (including phenoxy) is 1. The molecule has 0 aromatic carbocycles. The standard InChI is InChI=1S/C12H22N2O3S2/c1-4-10(8-17-3)14-19(15,16)12-6-11(18-9-12)7-13-5-2/h6,9-10,13-14H,4-5,7-8H2,1-3H3. The van der Waals surface area contributed by atoms with E-state index < -0.39 is 10.0 Å². The fourth-order valence-corrected chi connectivity index (χ4v) is 4.11. The van der Waals surface area contributed by atoms with Crippen molar-refractivity contribution >= 4 is 21.4 Å². The topological polar surface area (TPSA) is 67.4 Å². The first-order valence-electron chi connectivity index (χ1n) is 6.32. The summed E-state index contributed by atoms with van der Waals surface area (Å²) < 4.78 is 32.0. The minimum Gasteiger partial charge on any atom is -0.383 e. The van der Waals surface area contributed by atoms with Gasteiger partial charge in [-0.05, 0) is 19.0 Å². The third kappa shape index (κ3) is 5.19. The first-order valence-corrected chi connectivity index (χ1v) is 8.69. The van der Waals surface area contributed by atoms with Crippen molar-refractivity contribution in [3.05, 3.63) is 16.3 Å². The van der Waals surface area contributed by atoms with Gasteiger partial charge in [0.15, 0.2) is 0 Å². The van der Waals surface area contributed by atoms with Crippen LogP contribution in [-0.2, 0) is 21.3 Å². The van der Waals surface area contributed by atoms with Gasteiger partial charge in [-0.25, -0.2) is 13.1 Å². The molecule has 0 radical (unpaired) electrons. The first-order chi connectivity index (χ1) is 9.03. The summed E-state index contributed by atoms with van der Waals surface area (Å²) in [5.74, 6) is 0. The minimum absolute atomic E-state index is 0.188. The Morgan fingerprint density at radius 3 is 2.74 bits per heavy atom. The molecule has 0 bridgehead atoms. The largest absolute Gasteiger partial charge is 0.383 e. The molecule has 0 spiro atoms. The van der Waals surface area contributed by atoms with E-state index in [1.807, 2.05) is 13.8 Å². The molecule has 1 heterocycles. The number of nitrogens with one attached hydrogen (secondary N) is 2. The molecule has 0 aliphatic heterocycles.